The van der Waals surface area contributed by atoms with Gasteiger partial charge in [0, 0.05) is 16.2 Å². The van der Waals surface area contributed by atoms with Gasteiger partial charge in [0.1, 0.15) is 5.75 Å². The predicted octanol–water partition coefficient (Wildman–Crippen LogP) is 4.72. The van der Waals surface area contributed by atoms with Gasteiger partial charge in [-0.2, -0.15) is 0 Å². The Balaban J connectivity index is 2.17. The zero-order valence-electron chi connectivity index (χ0n) is 10.2. The van der Waals surface area contributed by atoms with Crippen LogP contribution in [0.15, 0.2) is 53.0 Å². The first kappa shape index (κ1) is 13.0. The van der Waals surface area contributed by atoms with Crippen molar-refractivity contribution in [2.75, 3.05) is 5.32 Å². The highest BCUT2D eigenvalue weighted by Crippen LogP contribution is 2.25. The van der Waals surface area contributed by atoms with Gasteiger partial charge in [0.2, 0.25) is 0 Å². The van der Waals surface area contributed by atoms with E-state index >= 15 is 0 Å². The van der Waals surface area contributed by atoms with Crippen LogP contribution in [-0.2, 0) is 0 Å². The lowest BCUT2D eigenvalue weighted by Crippen LogP contribution is -2.09. The zero-order chi connectivity index (χ0) is 13.0. The van der Waals surface area contributed by atoms with E-state index in [0.717, 1.165) is 16.6 Å². The summed E-state index contributed by atoms with van der Waals surface area (Å²) in [7, 11) is 0. The Labute approximate surface area is 116 Å². The summed E-state index contributed by atoms with van der Waals surface area (Å²) >= 11 is 3.44. The van der Waals surface area contributed by atoms with Crippen LogP contribution in [0.25, 0.3) is 0 Å². The Morgan fingerprint density at radius 2 is 1.89 bits per heavy atom. The second-order valence-corrected chi connectivity index (χ2v) is 5.12. The van der Waals surface area contributed by atoms with Gasteiger partial charge in [-0.3, -0.25) is 0 Å². The first-order chi connectivity index (χ1) is 8.69. The molecule has 3 heteroatoms. The molecule has 0 amide bonds. The van der Waals surface area contributed by atoms with Crippen molar-refractivity contribution in [3.8, 4) is 5.75 Å². The molecule has 2 aromatic rings. The van der Waals surface area contributed by atoms with Crippen molar-refractivity contribution < 1.29 is 5.11 Å². The molecule has 2 rings (SSSR count). The van der Waals surface area contributed by atoms with Crippen LogP contribution in [0.3, 0.4) is 0 Å². The normalized spacial score (nSPS) is 12.1. The Morgan fingerprint density at radius 3 is 2.50 bits per heavy atom. The number of benzene rings is 2. The van der Waals surface area contributed by atoms with E-state index in [-0.39, 0.29) is 11.8 Å². The monoisotopic (exact) mass is 305 g/mol. The van der Waals surface area contributed by atoms with E-state index in [1.54, 1.807) is 12.1 Å². The van der Waals surface area contributed by atoms with Crippen molar-refractivity contribution in [2.45, 2.75) is 19.4 Å². The van der Waals surface area contributed by atoms with Crippen LogP contribution >= 0.6 is 15.9 Å². The first-order valence-electron chi connectivity index (χ1n) is 6.00. The molecule has 0 aliphatic carbocycles. The largest absolute Gasteiger partial charge is 0.508 e. The Kier molecular flexibility index (Phi) is 4.26. The molecule has 0 fully saturated rings. The molecule has 0 saturated heterocycles. The van der Waals surface area contributed by atoms with Crippen LogP contribution in [-0.4, -0.2) is 5.11 Å². The van der Waals surface area contributed by atoms with Gasteiger partial charge >= 0.3 is 0 Å². The second-order valence-electron chi connectivity index (χ2n) is 4.21. The van der Waals surface area contributed by atoms with Crippen LogP contribution in [0.4, 0.5) is 5.69 Å². The number of hydrogen-bond acceptors (Lipinski definition) is 2. The molecule has 0 spiro atoms. The second kappa shape index (κ2) is 5.91. The van der Waals surface area contributed by atoms with Gasteiger partial charge in [-0.25, -0.2) is 0 Å². The van der Waals surface area contributed by atoms with Gasteiger partial charge in [-0.15, -0.1) is 0 Å². The van der Waals surface area contributed by atoms with Crippen molar-refractivity contribution in [1.82, 2.24) is 0 Å². The Morgan fingerprint density at radius 1 is 1.17 bits per heavy atom. The number of anilines is 1. The molecule has 0 aromatic heterocycles. The zero-order valence-corrected chi connectivity index (χ0v) is 11.8. The van der Waals surface area contributed by atoms with Crippen LogP contribution in [0.2, 0.25) is 0 Å². The van der Waals surface area contributed by atoms with Gasteiger partial charge in [0.25, 0.3) is 0 Å². The molecule has 0 radical (unpaired) electrons. The van der Waals surface area contributed by atoms with E-state index in [1.165, 1.54) is 5.56 Å². The fourth-order valence-electron chi connectivity index (χ4n) is 1.91. The highest BCUT2D eigenvalue weighted by molar-refractivity contribution is 9.10. The van der Waals surface area contributed by atoms with E-state index in [2.05, 4.69) is 40.3 Å². The number of phenols is 1. The quantitative estimate of drug-likeness (QED) is 0.857. The summed E-state index contributed by atoms with van der Waals surface area (Å²) in [5.74, 6) is 0.283. The molecule has 1 atom stereocenters. The number of hydrogen-bond donors (Lipinski definition) is 2. The van der Waals surface area contributed by atoms with Crippen LogP contribution in [0.5, 0.6) is 5.75 Å². The standard InChI is InChI=1S/C15H16BrNO/c1-2-15(11-6-8-12(16)9-7-11)17-13-4-3-5-14(18)10-13/h3-10,15,17-18H,2H2,1H3. The predicted molar refractivity (Wildman–Crippen MR) is 78.9 cm³/mol. The Bertz CT molecular complexity index is 510. The summed E-state index contributed by atoms with van der Waals surface area (Å²) in [5, 5.41) is 12.9. The molecule has 1 unspecified atom stereocenters. The highest BCUT2D eigenvalue weighted by Gasteiger charge is 2.08. The number of halogens is 1. The summed E-state index contributed by atoms with van der Waals surface area (Å²) < 4.78 is 1.08. The maximum Gasteiger partial charge on any atom is 0.117 e. The van der Waals surface area contributed by atoms with E-state index in [0.29, 0.717) is 0 Å². The summed E-state index contributed by atoms with van der Waals surface area (Å²) in [5.41, 5.74) is 2.17. The van der Waals surface area contributed by atoms with Gasteiger partial charge < -0.3 is 10.4 Å². The summed E-state index contributed by atoms with van der Waals surface area (Å²) in [4.78, 5) is 0. The van der Waals surface area contributed by atoms with E-state index < -0.39 is 0 Å². The number of nitrogens with one attached hydrogen (secondary N) is 1. The van der Waals surface area contributed by atoms with E-state index in [1.807, 2.05) is 24.3 Å². The molecule has 94 valence electrons. The maximum absolute atomic E-state index is 9.46. The lowest BCUT2D eigenvalue weighted by molar-refractivity contribution is 0.475. The minimum Gasteiger partial charge on any atom is -0.508 e. The molecular formula is C15H16BrNO. The van der Waals surface area contributed by atoms with Crippen molar-refractivity contribution in [2.24, 2.45) is 0 Å². The third-order valence-corrected chi connectivity index (χ3v) is 3.40. The molecule has 0 bridgehead atoms. The maximum atomic E-state index is 9.46. The summed E-state index contributed by atoms with van der Waals surface area (Å²) in [6.45, 7) is 2.14. The molecule has 2 N–H and O–H groups in total. The number of aromatic hydroxyl groups is 1. The minimum atomic E-state index is 0.250. The summed E-state index contributed by atoms with van der Waals surface area (Å²) in [6, 6.07) is 15.8. The van der Waals surface area contributed by atoms with Gasteiger partial charge in [-0.05, 0) is 36.2 Å². The lowest BCUT2D eigenvalue weighted by atomic mass is 10.0. The van der Waals surface area contributed by atoms with Crippen LogP contribution in [0.1, 0.15) is 24.9 Å². The smallest absolute Gasteiger partial charge is 0.117 e. The molecule has 18 heavy (non-hydrogen) atoms. The average Bonchev–Trinajstić information content (AvgIpc) is 2.37. The third-order valence-electron chi connectivity index (χ3n) is 2.87. The van der Waals surface area contributed by atoms with Crippen molar-refractivity contribution in [3.05, 3.63) is 58.6 Å². The molecule has 2 nitrogen and oxygen atoms in total. The molecule has 0 saturated carbocycles. The Hall–Kier alpha value is -1.48. The molecule has 0 aliphatic heterocycles. The molecule has 0 heterocycles. The van der Waals surface area contributed by atoms with Gasteiger partial charge in [-0.1, -0.05) is 41.1 Å². The lowest BCUT2D eigenvalue weighted by Gasteiger charge is -2.19. The van der Waals surface area contributed by atoms with Crippen LogP contribution < -0.4 is 5.32 Å². The van der Waals surface area contributed by atoms with Crippen molar-refractivity contribution in [3.63, 3.8) is 0 Å². The van der Waals surface area contributed by atoms with Gasteiger partial charge in [0.15, 0.2) is 0 Å². The third kappa shape index (κ3) is 3.26. The first-order valence-corrected chi connectivity index (χ1v) is 6.79. The summed E-state index contributed by atoms with van der Waals surface area (Å²) in [6.07, 6.45) is 0.983. The number of rotatable bonds is 4. The number of phenolic OH excluding ortho intramolecular Hbond substituents is 1. The average molecular weight is 306 g/mol. The molecule has 2 aromatic carbocycles. The SMILES string of the molecule is CCC(Nc1cccc(O)c1)c1ccc(Br)cc1. The van der Waals surface area contributed by atoms with Crippen molar-refractivity contribution >= 4 is 21.6 Å². The van der Waals surface area contributed by atoms with Crippen molar-refractivity contribution in [1.29, 1.82) is 0 Å². The molecule has 0 aliphatic rings. The fraction of sp³-hybridized carbons (Fsp3) is 0.200. The van der Waals surface area contributed by atoms with Crippen LogP contribution in [0, 0.1) is 0 Å². The van der Waals surface area contributed by atoms with Gasteiger partial charge in [0.05, 0.1) is 6.04 Å². The fourth-order valence-corrected chi connectivity index (χ4v) is 2.18. The van der Waals surface area contributed by atoms with E-state index in [9.17, 15) is 5.11 Å². The van der Waals surface area contributed by atoms with E-state index in [4.69, 9.17) is 0 Å². The minimum absolute atomic E-state index is 0.250. The topological polar surface area (TPSA) is 32.3 Å². The molecular weight excluding hydrogens is 290 g/mol. The highest BCUT2D eigenvalue weighted by atomic mass is 79.9.